The second kappa shape index (κ2) is 11.0. The number of piperazine rings is 1. The van der Waals surface area contributed by atoms with Gasteiger partial charge in [-0.05, 0) is 19.1 Å². The zero-order valence-electron chi connectivity index (χ0n) is 21.5. The molecule has 5 rings (SSSR count). The number of carbonyl (C=O) groups is 1. The molecule has 7 nitrogen and oxygen atoms in total. The molecule has 1 aliphatic heterocycles. The van der Waals surface area contributed by atoms with Crippen LogP contribution in [-0.2, 0) is 11.8 Å². The predicted octanol–water partition coefficient (Wildman–Crippen LogP) is 0.996. The van der Waals surface area contributed by atoms with E-state index in [0.29, 0.717) is 12.2 Å². The van der Waals surface area contributed by atoms with E-state index in [1.54, 1.807) is 9.36 Å². The summed E-state index contributed by atoms with van der Waals surface area (Å²) in [5, 5.41) is 2.92. The third-order valence-electron chi connectivity index (χ3n) is 7.50. The van der Waals surface area contributed by atoms with Crippen molar-refractivity contribution in [2.75, 3.05) is 38.0 Å². The lowest BCUT2D eigenvalue weighted by Gasteiger charge is -2.34. The number of nitrogens with one attached hydrogen (secondary N) is 3. The van der Waals surface area contributed by atoms with Crippen molar-refractivity contribution in [1.29, 1.82) is 0 Å². The van der Waals surface area contributed by atoms with Crippen molar-refractivity contribution in [3.63, 3.8) is 0 Å². The number of amides is 1. The standard InChI is InChI=1S/C30H33N5O2/c1-23-28(30(37)35(32(23)2)26-16-10-5-11-17-26)31-27(36)22-33-18-20-34(21-19-33)29(24-12-6-3-7-13-24)25-14-8-4-9-15-25/h3-17,29H,18-22H2,1-2H3,(H,31,36)/p+2. The molecular formula is C30H35N5O2+2. The molecule has 0 unspecified atom stereocenters. The number of para-hydroxylation sites is 1. The molecule has 1 fully saturated rings. The maximum Gasteiger partial charge on any atom is 0.295 e. The largest absolute Gasteiger partial charge is 0.318 e. The first-order chi connectivity index (χ1) is 18.0. The molecule has 0 saturated carbocycles. The van der Waals surface area contributed by atoms with Gasteiger partial charge in [-0.1, -0.05) is 78.9 Å². The molecule has 0 spiro atoms. The number of hydrogen-bond donors (Lipinski definition) is 3. The van der Waals surface area contributed by atoms with Crippen LogP contribution in [0.4, 0.5) is 5.69 Å². The number of hydrogen-bond acceptors (Lipinski definition) is 2. The lowest BCUT2D eigenvalue weighted by Crippen LogP contribution is -3.28. The van der Waals surface area contributed by atoms with Crippen LogP contribution >= 0.6 is 0 Å². The normalized spacial score (nSPS) is 17.6. The molecule has 37 heavy (non-hydrogen) atoms. The zero-order chi connectivity index (χ0) is 25.8. The average Bonchev–Trinajstić information content (AvgIpc) is 3.14. The van der Waals surface area contributed by atoms with Crippen molar-refractivity contribution in [3.05, 3.63) is 118 Å². The van der Waals surface area contributed by atoms with Gasteiger partial charge in [-0.3, -0.25) is 14.3 Å². The van der Waals surface area contributed by atoms with Gasteiger partial charge < -0.3 is 15.1 Å². The molecule has 0 radical (unpaired) electrons. The molecule has 0 atom stereocenters. The first kappa shape index (κ1) is 24.7. The molecule has 1 aromatic heterocycles. The average molecular weight is 498 g/mol. The molecule has 0 aliphatic carbocycles. The first-order valence-corrected chi connectivity index (χ1v) is 12.9. The van der Waals surface area contributed by atoms with E-state index in [1.807, 2.05) is 44.3 Å². The lowest BCUT2D eigenvalue weighted by molar-refractivity contribution is -1.02. The Bertz CT molecular complexity index is 1350. The Hall–Kier alpha value is -3.94. The SMILES string of the molecule is Cc1c(NC(=O)C[NH+]2CC[NH+](C(c3ccccc3)c3ccccc3)CC2)c(=O)n(-c2ccccc2)n1C. The summed E-state index contributed by atoms with van der Waals surface area (Å²) < 4.78 is 3.38. The minimum atomic E-state index is -0.211. The molecule has 3 N–H and O–H groups in total. The van der Waals surface area contributed by atoms with Crippen molar-refractivity contribution in [2.24, 2.45) is 7.05 Å². The van der Waals surface area contributed by atoms with Gasteiger partial charge in [0, 0.05) is 18.2 Å². The van der Waals surface area contributed by atoms with Crippen LogP contribution in [0, 0.1) is 6.92 Å². The fraction of sp³-hybridized carbons (Fsp3) is 0.267. The van der Waals surface area contributed by atoms with Gasteiger partial charge in [0.25, 0.3) is 11.5 Å². The summed E-state index contributed by atoms with van der Waals surface area (Å²) in [6, 6.07) is 31.1. The smallest absolute Gasteiger partial charge is 0.295 e. The number of anilines is 1. The highest BCUT2D eigenvalue weighted by Gasteiger charge is 2.32. The summed E-state index contributed by atoms with van der Waals surface area (Å²) in [5.74, 6) is -0.118. The third kappa shape index (κ3) is 5.28. The van der Waals surface area contributed by atoms with Gasteiger partial charge in [0.1, 0.15) is 37.9 Å². The number of nitrogens with zero attached hydrogens (tertiary/aromatic N) is 2. The van der Waals surface area contributed by atoms with E-state index in [-0.39, 0.29) is 17.5 Å². The Balaban J connectivity index is 1.24. The Labute approximate surface area is 217 Å². The van der Waals surface area contributed by atoms with Gasteiger partial charge in [-0.25, -0.2) is 4.68 Å². The Kier molecular flexibility index (Phi) is 7.35. The maximum atomic E-state index is 13.1. The molecule has 0 bridgehead atoms. The summed E-state index contributed by atoms with van der Waals surface area (Å²) in [6.45, 7) is 5.97. The number of aromatic nitrogens is 2. The number of quaternary nitrogens is 2. The monoisotopic (exact) mass is 497 g/mol. The van der Waals surface area contributed by atoms with E-state index >= 15 is 0 Å². The number of benzene rings is 3. The van der Waals surface area contributed by atoms with Gasteiger partial charge in [0.15, 0.2) is 6.54 Å². The van der Waals surface area contributed by atoms with Crippen molar-refractivity contribution < 1.29 is 14.6 Å². The highest BCUT2D eigenvalue weighted by atomic mass is 16.2. The number of carbonyl (C=O) groups excluding carboxylic acids is 1. The van der Waals surface area contributed by atoms with Crippen LogP contribution in [-0.4, -0.2) is 48.0 Å². The minimum Gasteiger partial charge on any atom is -0.318 e. The fourth-order valence-electron chi connectivity index (χ4n) is 5.47. The van der Waals surface area contributed by atoms with Crippen LogP contribution in [0.3, 0.4) is 0 Å². The lowest BCUT2D eigenvalue weighted by atomic mass is 9.96. The molecule has 1 aliphatic rings. The summed E-state index contributed by atoms with van der Waals surface area (Å²) in [6.07, 6.45) is 0. The molecule has 2 heterocycles. The van der Waals surface area contributed by atoms with Crippen LogP contribution in [0.15, 0.2) is 95.8 Å². The van der Waals surface area contributed by atoms with Crippen LogP contribution < -0.4 is 20.7 Å². The molecule has 190 valence electrons. The molecular weight excluding hydrogens is 462 g/mol. The van der Waals surface area contributed by atoms with Gasteiger partial charge >= 0.3 is 0 Å². The van der Waals surface area contributed by atoms with E-state index in [1.165, 1.54) is 20.9 Å². The van der Waals surface area contributed by atoms with E-state index in [2.05, 4.69) is 66.0 Å². The van der Waals surface area contributed by atoms with E-state index in [0.717, 1.165) is 37.6 Å². The van der Waals surface area contributed by atoms with Gasteiger partial charge in [-0.2, -0.15) is 0 Å². The van der Waals surface area contributed by atoms with Crippen LogP contribution in [0.2, 0.25) is 0 Å². The third-order valence-corrected chi connectivity index (χ3v) is 7.50. The minimum absolute atomic E-state index is 0.118. The van der Waals surface area contributed by atoms with Crippen LogP contribution in [0.1, 0.15) is 22.9 Å². The Morgan fingerprint density at radius 3 is 1.89 bits per heavy atom. The molecule has 3 aromatic carbocycles. The molecule has 4 aromatic rings. The van der Waals surface area contributed by atoms with Crippen LogP contribution in [0.5, 0.6) is 0 Å². The van der Waals surface area contributed by atoms with E-state index in [4.69, 9.17) is 0 Å². The Morgan fingerprint density at radius 2 is 1.35 bits per heavy atom. The van der Waals surface area contributed by atoms with Crippen molar-refractivity contribution in [1.82, 2.24) is 9.36 Å². The van der Waals surface area contributed by atoms with Gasteiger partial charge in [0.05, 0.1) is 11.4 Å². The highest BCUT2D eigenvalue weighted by Crippen LogP contribution is 2.19. The molecule has 7 heteroatoms. The zero-order valence-corrected chi connectivity index (χ0v) is 21.5. The van der Waals surface area contributed by atoms with Crippen LogP contribution in [0.25, 0.3) is 5.69 Å². The maximum absolute atomic E-state index is 13.1. The quantitative estimate of drug-likeness (QED) is 0.357. The van der Waals surface area contributed by atoms with E-state index in [9.17, 15) is 9.59 Å². The topological polar surface area (TPSA) is 64.9 Å². The highest BCUT2D eigenvalue weighted by molar-refractivity contribution is 5.91. The molecule has 1 saturated heterocycles. The Morgan fingerprint density at radius 1 is 0.838 bits per heavy atom. The summed E-state index contributed by atoms with van der Waals surface area (Å²) >= 11 is 0. The summed E-state index contributed by atoms with van der Waals surface area (Å²) in [5.41, 5.74) is 4.29. The molecule has 1 amide bonds. The first-order valence-electron chi connectivity index (χ1n) is 12.9. The second-order valence-corrected chi connectivity index (χ2v) is 9.82. The van der Waals surface area contributed by atoms with Gasteiger partial charge in [-0.15, -0.1) is 0 Å². The van der Waals surface area contributed by atoms with Crippen molar-refractivity contribution in [2.45, 2.75) is 13.0 Å². The van der Waals surface area contributed by atoms with E-state index < -0.39 is 0 Å². The number of rotatable bonds is 7. The fourth-order valence-corrected chi connectivity index (χ4v) is 5.47. The summed E-state index contributed by atoms with van der Waals surface area (Å²) in [4.78, 5) is 28.9. The summed E-state index contributed by atoms with van der Waals surface area (Å²) in [7, 11) is 1.84. The second-order valence-electron chi connectivity index (χ2n) is 9.82. The van der Waals surface area contributed by atoms with Gasteiger partial charge in [0.2, 0.25) is 0 Å². The predicted molar refractivity (Wildman–Crippen MR) is 145 cm³/mol. The van der Waals surface area contributed by atoms with Crippen molar-refractivity contribution in [3.8, 4) is 5.69 Å². The van der Waals surface area contributed by atoms with Crippen molar-refractivity contribution >= 4 is 11.6 Å².